The minimum atomic E-state index is -1.08. The molecule has 10 heteroatoms. The van der Waals surface area contributed by atoms with Crippen LogP contribution in [0.15, 0.2) is 83.1 Å². The Balaban J connectivity index is 0.000000189. The van der Waals surface area contributed by atoms with Gasteiger partial charge in [-0.15, -0.1) is 0 Å². The van der Waals surface area contributed by atoms with Crippen LogP contribution in [0.2, 0.25) is 0 Å². The molecule has 3 heterocycles. The number of aliphatic imine (C=N–C) groups is 1. The van der Waals surface area contributed by atoms with Crippen LogP contribution in [0.3, 0.4) is 0 Å². The highest BCUT2D eigenvalue weighted by molar-refractivity contribution is 6.36. The Bertz CT molecular complexity index is 1480. The number of aromatic nitrogens is 1. The number of hydrogen-bond acceptors (Lipinski definition) is 7. The maximum atomic E-state index is 12.1. The predicted molar refractivity (Wildman–Crippen MR) is 153 cm³/mol. The van der Waals surface area contributed by atoms with Crippen molar-refractivity contribution in [3.05, 3.63) is 101 Å². The minimum absolute atomic E-state index is 0.00167. The second kappa shape index (κ2) is 11.7. The van der Waals surface area contributed by atoms with Crippen molar-refractivity contribution in [3.8, 4) is 0 Å². The molecule has 1 aromatic heterocycles. The van der Waals surface area contributed by atoms with E-state index in [9.17, 15) is 19.5 Å². The molecule has 212 valence electrons. The summed E-state index contributed by atoms with van der Waals surface area (Å²) in [5.41, 5.74) is 1.17. The van der Waals surface area contributed by atoms with Crippen molar-refractivity contribution in [2.75, 3.05) is 0 Å². The minimum Gasteiger partial charge on any atom is -0.478 e. The number of rotatable bonds is 7. The van der Waals surface area contributed by atoms with Gasteiger partial charge in [0.05, 0.1) is 12.0 Å². The lowest BCUT2D eigenvalue weighted by Crippen LogP contribution is -2.41. The first kappa shape index (κ1) is 29.1. The van der Waals surface area contributed by atoms with Gasteiger partial charge in [0.2, 0.25) is 0 Å². The number of nitrogens with zero attached hydrogens (tertiary/aromatic N) is 3. The van der Waals surface area contributed by atoms with E-state index in [0.717, 1.165) is 16.7 Å². The van der Waals surface area contributed by atoms with Crippen LogP contribution >= 0.6 is 0 Å². The zero-order chi connectivity index (χ0) is 29.8. The maximum Gasteiger partial charge on any atom is 0.353 e. The first-order valence-corrected chi connectivity index (χ1v) is 13.2. The van der Waals surface area contributed by atoms with Gasteiger partial charge in [0.1, 0.15) is 11.2 Å². The third kappa shape index (κ3) is 5.72. The summed E-state index contributed by atoms with van der Waals surface area (Å²) >= 11 is 0. The van der Waals surface area contributed by atoms with Gasteiger partial charge < -0.3 is 20.4 Å². The van der Waals surface area contributed by atoms with Crippen LogP contribution in [0.25, 0.3) is 0 Å². The highest BCUT2D eigenvalue weighted by atomic mass is 16.7. The van der Waals surface area contributed by atoms with E-state index in [4.69, 9.17) is 9.94 Å². The van der Waals surface area contributed by atoms with Crippen molar-refractivity contribution in [1.82, 2.24) is 10.3 Å². The number of hydrogen-bond donors (Lipinski definition) is 3. The van der Waals surface area contributed by atoms with Gasteiger partial charge in [-0.25, -0.2) is 14.6 Å². The Morgan fingerprint density at radius 2 is 1.59 bits per heavy atom. The molecule has 0 fully saturated rings. The van der Waals surface area contributed by atoms with Gasteiger partial charge in [0.25, 0.3) is 5.91 Å². The summed E-state index contributed by atoms with van der Waals surface area (Å²) < 4.78 is 0. The van der Waals surface area contributed by atoms with Crippen LogP contribution in [0.4, 0.5) is 0 Å². The number of carboxylic acid groups (broad SMARTS) is 2. The second-order valence-corrected chi connectivity index (χ2v) is 10.3. The quantitative estimate of drug-likeness (QED) is 0.390. The lowest BCUT2D eigenvalue weighted by Gasteiger charge is -2.27. The largest absolute Gasteiger partial charge is 0.478 e. The molecule has 1 unspecified atom stereocenters. The highest BCUT2D eigenvalue weighted by Crippen LogP contribution is 2.41. The summed E-state index contributed by atoms with van der Waals surface area (Å²) in [6.07, 6.45) is 2.52. The monoisotopic (exact) mass is 556 g/mol. The van der Waals surface area contributed by atoms with Crippen molar-refractivity contribution in [2.24, 2.45) is 16.1 Å². The molecule has 2 aromatic carbocycles. The number of benzene rings is 2. The lowest BCUT2D eigenvalue weighted by molar-refractivity contribution is -0.129. The van der Waals surface area contributed by atoms with E-state index in [-0.39, 0.29) is 41.1 Å². The van der Waals surface area contributed by atoms with Crippen molar-refractivity contribution < 1.29 is 29.4 Å². The average Bonchev–Trinajstić information content (AvgIpc) is 3.57. The van der Waals surface area contributed by atoms with Gasteiger partial charge in [-0.3, -0.25) is 9.78 Å². The molecule has 1 atom stereocenters. The first-order chi connectivity index (χ1) is 19.5. The number of aromatic carboxylic acids is 1. The topological polar surface area (TPSA) is 151 Å². The molecule has 2 aliphatic rings. The van der Waals surface area contributed by atoms with Gasteiger partial charge in [0, 0.05) is 17.3 Å². The highest BCUT2D eigenvalue weighted by Gasteiger charge is 2.45. The Kier molecular flexibility index (Phi) is 8.32. The fraction of sp³-hybridized carbons (Fsp3) is 0.290. The van der Waals surface area contributed by atoms with E-state index < -0.39 is 23.1 Å². The van der Waals surface area contributed by atoms with Crippen LogP contribution in [-0.2, 0) is 26.4 Å². The molecule has 41 heavy (non-hydrogen) atoms. The van der Waals surface area contributed by atoms with Crippen LogP contribution in [0, 0.1) is 5.92 Å². The molecule has 3 aromatic rings. The van der Waals surface area contributed by atoms with E-state index >= 15 is 0 Å². The first-order valence-electron chi connectivity index (χ1n) is 13.2. The number of carboxylic acids is 2. The number of carbonyl (C=O) groups excluding carboxylic acids is 1. The number of aliphatic carboxylic acids is 1. The van der Waals surface area contributed by atoms with E-state index in [2.05, 4.69) is 20.4 Å². The van der Waals surface area contributed by atoms with Crippen LogP contribution < -0.4 is 5.32 Å². The number of aryl methyl sites for hydroxylation is 1. The summed E-state index contributed by atoms with van der Waals surface area (Å²) in [6.45, 7) is 7.46. The zero-order valence-corrected chi connectivity index (χ0v) is 23.3. The lowest BCUT2D eigenvalue weighted by atomic mass is 9.82. The fourth-order valence-electron chi connectivity index (χ4n) is 4.54. The Morgan fingerprint density at radius 3 is 2.02 bits per heavy atom. The van der Waals surface area contributed by atoms with Gasteiger partial charge in [-0.05, 0) is 30.9 Å². The van der Waals surface area contributed by atoms with Gasteiger partial charge in [0.15, 0.2) is 17.1 Å². The Hall–Kier alpha value is -4.86. The molecular weight excluding hydrogens is 524 g/mol. The number of amides is 1. The predicted octanol–water partition coefficient (Wildman–Crippen LogP) is 4.42. The maximum absolute atomic E-state index is 12.1. The number of pyridine rings is 1. The van der Waals surface area contributed by atoms with Crippen molar-refractivity contribution in [3.63, 3.8) is 0 Å². The molecule has 0 bridgehead atoms. The molecule has 5 rings (SSSR count). The molecule has 1 amide bonds. The van der Waals surface area contributed by atoms with Gasteiger partial charge in [-0.2, -0.15) is 0 Å². The smallest absolute Gasteiger partial charge is 0.353 e. The normalized spacial score (nSPS) is 18.9. The Labute approximate surface area is 237 Å². The second-order valence-electron chi connectivity index (χ2n) is 10.3. The van der Waals surface area contributed by atoms with Gasteiger partial charge in [-0.1, -0.05) is 86.6 Å². The standard InChI is InChI=1S/C16H13NO3.C15H19N3O3/c18-15(19)14-11-16(20-17-14,12-7-3-1-4-8-12)13-9-5-2-6-10-13;1-5-9-6-10(13(19)20)11(16-7-9)12-17-14(21)15(4,18-12)8(2)3/h1-10H,11H2,(H,18,19);6-8H,5H2,1-4H3,(H,19,20)(H,17,18,21). The third-order valence-electron chi connectivity index (χ3n) is 7.42. The number of oxime groups is 1. The molecule has 2 aliphatic heterocycles. The van der Waals surface area contributed by atoms with E-state index in [1.54, 1.807) is 19.2 Å². The van der Waals surface area contributed by atoms with E-state index in [0.29, 0.717) is 6.42 Å². The summed E-state index contributed by atoms with van der Waals surface area (Å²) in [7, 11) is 0. The van der Waals surface area contributed by atoms with E-state index in [1.165, 1.54) is 0 Å². The van der Waals surface area contributed by atoms with Gasteiger partial charge >= 0.3 is 11.9 Å². The molecule has 10 nitrogen and oxygen atoms in total. The number of nitrogens with one attached hydrogen (secondary N) is 1. The summed E-state index contributed by atoms with van der Waals surface area (Å²) in [5.74, 6) is -2.12. The number of carbonyl (C=O) groups is 3. The Morgan fingerprint density at radius 1 is 1.00 bits per heavy atom. The van der Waals surface area contributed by atoms with E-state index in [1.807, 2.05) is 81.4 Å². The van der Waals surface area contributed by atoms with Crippen molar-refractivity contribution in [2.45, 2.75) is 51.7 Å². The molecule has 0 radical (unpaired) electrons. The molecule has 0 spiro atoms. The van der Waals surface area contributed by atoms with Crippen molar-refractivity contribution in [1.29, 1.82) is 0 Å². The SMILES string of the molecule is CCc1cnc(C2=NC(C)(C(C)C)C(=O)N2)c(C(=O)O)c1.O=C(O)C1=NOC(c2ccccc2)(c2ccccc2)C1. The van der Waals surface area contributed by atoms with Crippen molar-refractivity contribution >= 4 is 29.4 Å². The van der Waals surface area contributed by atoms with Crippen LogP contribution in [0.1, 0.15) is 66.9 Å². The third-order valence-corrected chi connectivity index (χ3v) is 7.42. The number of amidine groups is 1. The molecule has 0 saturated heterocycles. The fourth-order valence-corrected chi connectivity index (χ4v) is 4.54. The zero-order valence-electron chi connectivity index (χ0n) is 23.3. The van der Waals surface area contributed by atoms with Crippen LogP contribution in [0.5, 0.6) is 0 Å². The molecule has 0 aliphatic carbocycles. The summed E-state index contributed by atoms with van der Waals surface area (Å²) in [6, 6.07) is 20.7. The summed E-state index contributed by atoms with van der Waals surface area (Å²) in [4.78, 5) is 48.9. The molecular formula is C31H32N4O6. The molecule has 3 N–H and O–H groups in total. The van der Waals surface area contributed by atoms with Crippen LogP contribution in [-0.4, -0.2) is 50.1 Å². The molecule has 0 saturated carbocycles. The summed E-state index contributed by atoms with van der Waals surface area (Å²) in [5, 5.41) is 24.9. The average molecular weight is 557 g/mol.